The zero-order chi connectivity index (χ0) is 8.48. The average molecular weight is 167 g/mol. The summed E-state index contributed by atoms with van der Waals surface area (Å²) < 4.78 is -0.163. The van der Waals surface area contributed by atoms with Crippen LogP contribution in [-0.4, -0.2) is 10.5 Å². The summed E-state index contributed by atoms with van der Waals surface area (Å²) in [6, 6.07) is 2.36. The van der Waals surface area contributed by atoms with Gasteiger partial charge < -0.3 is 0 Å². The van der Waals surface area contributed by atoms with Gasteiger partial charge in [-0.2, -0.15) is 5.26 Å². The molecule has 0 saturated carbocycles. The molecule has 1 heterocycles. The Bertz CT molecular complexity index is 236. The Balaban J connectivity index is 2.81. The zero-order valence-electron chi connectivity index (χ0n) is 7.27. The molecule has 0 spiro atoms. The second-order valence-corrected chi connectivity index (χ2v) is 4.85. The molecule has 0 fully saturated rings. The highest BCUT2D eigenvalue weighted by Gasteiger charge is 2.28. The molecule has 0 aromatic carbocycles. The molecule has 1 aliphatic rings. The SMILES string of the molecule is CC1=C(C)CC(C)(C#N)SC1. The van der Waals surface area contributed by atoms with E-state index in [2.05, 4.69) is 19.9 Å². The summed E-state index contributed by atoms with van der Waals surface area (Å²) in [4.78, 5) is 0. The second-order valence-electron chi connectivity index (χ2n) is 3.37. The first kappa shape index (κ1) is 8.67. The number of hydrogen-bond acceptors (Lipinski definition) is 2. The fourth-order valence-corrected chi connectivity index (χ4v) is 2.34. The van der Waals surface area contributed by atoms with Crippen LogP contribution in [0.25, 0.3) is 0 Å². The predicted molar refractivity (Wildman–Crippen MR) is 49.5 cm³/mol. The predicted octanol–water partition coefficient (Wildman–Crippen LogP) is 2.74. The Morgan fingerprint density at radius 1 is 1.45 bits per heavy atom. The summed E-state index contributed by atoms with van der Waals surface area (Å²) in [6.45, 7) is 6.30. The Hall–Kier alpha value is -0.420. The second kappa shape index (κ2) is 2.91. The summed E-state index contributed by atoms with van der Waals surface area (Å²) in [5, 5.41) is 8.86. The van der Waals surface area contributed by atoms with Gasteiger partial charge in [0, 0.05) is 5.75 Å². The lowest BCUT2D eigenvalue weighted by atomic mass is 9.99. The van der Waals surface area contributed by atoms with Gasteiger partial charge >= 0.3 is 0 Å². The standard InChI is InChI=1S/C9H13NS/c1-7-4-9(3,6-10)11-5-8(7)2/h4-5H2,1-3H3. The quantitative estimate of drug-likeness (QED) is 0.518. The van der Waals surface area contributed by atoms with E-state index < -0.39 is 0 Å². The smallest absolute Gasteiger partial charge is 0.104 e. The molecule has 0 amide bonds. The van der Waals surface area contributed by atoms with E-state index in [1.165, 1.54) is 11.1 Å². The van der Waals surface area contributed by atoms with Crippen LogP contribution >= 0.6 is 11.8 Å². The normalized spacial score (nSPS) is 31.8. The van der Waals surface area contributed by atoms with E-state index in [-0.39, 0.29) is 4.75 Å². The number of rotatable bonds is 0. The van der Waals surface area contributed by atoms with Crippen molar-refractivity contribution in [3.63, 3.8) is 0 Å². The van der Waals surface area contributed by atoms with Crippen LogP contribution in [0.1, 0.15) is 27.2 Å². The first-order valence-electron chi connectivity index (χ1n) is 3.78. The number of hydrogen-bond donors (Lipinski definition) is 0. The van der Waals surface area contributed by atoms with Crippen molar-refractivity contribution in [1.29, 1.82) is 5.26 Å². The van der Waals surface area contributed by atoms with E-state index >= 15 is 0 Å². The van der Waals surface area contributed by atoms with E-state index in [0.29, 0.717) is 0 Å². The molecule has 0 bridgehead atoms. The van der Waals surface area contributed by atoms with Gasteiger partial charge in [-0.1, -0.05) is 11.1 Å². The van der Waals surface area contributed by atoms with Crippen LogP contribution in [0.2, 0.25) is 0 Å². The highest BCUT2D eigenvalue weighted by Crippen LogP contribution is 2.37. The van der Waals surface area contributed by atoms with Crippen molar-refractivity contribution >= 4 is 11.8 Å². The maximum Gasteiger partial charge on any atom is 0.104 e. The van der Waals surface area contributed by atoms with Crippen LogP contribution < -0.4 is 0 Å². The summed E-state index contributed by atoms with van der Waals surface area (Å²) in [6.07, 6.45) is 0.931. The minimum atomic E-state index is -0.163. The van der Waals surface area contributed by atoms with Crippen molar-refractivity contribution in [3.8, 4) is 6.07 Å². The summed E-state index contributed by atoms with van der Waals surface area (Å²) in [5.74, 6) is 1.02. The van der Waals surface area contributed by atoms with Gasteiger partial charge in [0.1, 0.15) is 4.75 Å². The largest absolute Gasteiger partial charge is 0.197 e. The zero-order valence-corrected chi connectivity index (χ0v) is 8.09. The molecule has 0 N–H and O–H groups in total. The third-order valence-corrected chi connectivity index (χ3v) is 3.62. The number of nitriles is 1. The van der Waals surface area contributed by atoms with E-state index in [1.807, 2.05) is 6.92 Å². The van der Waals surface area contributed by atoms with E-state index in [4.69, 9.17) is 5.26 Å². The molecule has 0 aromatic heterocycles. The minimum absolute atomic E-state index is 0.163. The molecule has 1 unspecified atom stereocenters. The number of allylic oxidation sites excluding steroid dienone is 1. The molecule has 0 aromatic rings. The maximum atomic E-state index is 8.86. The van der Waals surface area contributed by atoms with Crippen molar-refractivity contribution in [2.24, 2.45) is 0 Å². The van der Waals surface area contributed by atoms with Gasteiger partial charge in [-0.25, -0.2) is 0 Å². The third kappa shape index (κ3) is 1.78. The van der Waals surface area contributed by atoms with Crippen LogP contribution in [0, 0.1) is 11.3 Å². The van der Waals surface area contributed by atoms with Gasteiger partial charge in [0.15, 0.2) is 0 Å². The number of nitrogens with zero attached hydrogens (tertiary/aromatic N) is 1. The molecule has 1 aliphatic heterocycles. The molecular weight excluding hydrogens is 154 g/mol. The lowest BCUT2D eigenvalue weighted by Gasteiger charge is -2.27. The topological polar surface area (TPSA) is 23.8 Å². The third-order valence-electron chi connectivity index (χ3n) is 2.17. The van der Waals surface area contributed by atoms with Crippen LogP contribution in [0.5, 0.6) is 0 Å². The molecule has 0 saturated heterocycles. The van der Waals surface area contributed by atoms with Gasteiger partial charge in [-0.3, -0.25) is 0 Å². The maximum absolute atomic E-state index is 8.86. The molecular formula is C9H13NS. The molecule has 1 rings (SSSR count). The number of thioether (sulfide) groups is 1. The average Bonchev–Trinajstić information content (AvgIpc) is 1.98. The molecule has 2 heteroatoms. The first-order chi connectivity index (χ1) is 5.07. The Kier molecular flexibility index (Phi) is 2.29. The molecule has 0 radical (unpaired) electrons. The van der Waals surface area contributed by atoms with Gasteiger partial charge in [0.25, 0.3) is 0 Å². The minimum Gasteiger partial charge on any atom is -0.197 e. The van der Waals surface area contributed by atoms with Crippen LogP contribution in [0.4, 0.5) is 0 Å². The lowest BCUT2D eigenvalue weighted by Crippen LogP contribution is -2.22. The summed E-state index contributed by atoms with van der Waals surface area (Å²) in [7, 11) is 0. The Morgan fingerprint density at radius 2 is 2.09 bits per heavy atom. The van der Waals surface area contributed by atoms with Gasteiger partial charge in [0.05, 0.1) is 6.07 Å². The highest BCUT2D eigenvalue weighted by atomic mass is 32.2. The fraction of sp³-hybridized carbons (Fsp3) is 0.667. The summed E-state index contributed by atoms with van der Waals surface area (Å²) >= 11 is 1.76. The molecule has 60 valence electrons. The van der Waals surface area contributed by atoms with Gasteiger partial charge in [0.2, 0.25) is 0 Å². The van der Waals surface area contributed by atoms with Crippen LogP contribution in [-0.2, 0) is 0 Å². The first-order valence-corrected chi connectivity index (χ1v) is 4.76. The lowest BCUT2D eigenvalue weighted by molar-refractivity contribution is 0.768. The molecule has 0 aliphatic carbocycles. The van der Waals surface area contributed by atoms with Crippen LogP contribution in [0.15, 0.2) is 11.1 Å². The molecule has 1 atom stereocenters. The van der Waals surface area contributed by atoms with E-state index in [0.717, 1.165) is 12.2 Å². The molecule has 11 heavy (non-hydrogen) atoms. The monoisotopic (exact) mass is 167 g/mol. The summed E-state index contributed by atoms with van der Waals surface area (Å²) in [5.41, 5.74) is 2.84. The van der Waals surface area contributed by atoms with Crippen molar-refractivity contribution in [1.82, 2.24) is 0 Å². The van der Waals surface area contributed by atoms with Gasteiger partial charge in [-0.15, -0.1) is 11.8 Å². The fourth-order valence-electron chi connectivity index (χ4n) is 1.17. The van der Waals surface area contributed by atoms with Crippen molar-refractivity contribution in [2.45, 2.75) is 31.9 Å². The molecule has 1 nitrogen and oxygen atoms in total. The van der Waals surface area contributed by atoms with E-state index in [9.17, 15) is 0 Å². The van der Waals surface area contributed by atoms with Crippen molar-refractivity contribution < 1.29 is 0 Å². The van der Waals surface area contributed by atoms with Crippen LogP contribution in [0.3, 0.4) is 0 Å². The van der Waals surface area contributed by atoms with Crippen molar-refractivity contribution in [2.75, 3.05) is 5.75 Å². The van der Waals surface area contributed by atoms with Crippen molar-refractivity contribution in [3.05, 3.63) is 11.1 Å². The Labute approximate surface area is 72.5 Å². The highest BCUT2D eigenvalue weighted by molar-refractivity contribution is 8.01. The van der Waals surface area contributed by atoms with Gasteiger partial charge in [-0.05, 0) is 27.2 Å². The Morgan fingerprint density at radius 3 is 2.55 bits per heavy atom. The van der Waals surface area contributed by atoms with E-state index in [1.54, 1.807) is 11.8 Å².